The summed E-state index contributed by atoms with van der Waals surface area (Å²) in [5, 5.41) is 2.62. The molecule has 0 spiro atoms. The van der Waals surface area contributed by atoms with E-state index in [1.165, 1.54) is 17.9 Å². The molecule has 2 aliphatic heterocycles. The van der Waals surface area contributed by atoms with E-state index in [2.05, 4.69) is 10.8 Å². The van der Waals surface area contributed by atoms with Gasteiger partial charge in [-0.25, -0.2) is 9.18 Å². The highest BCUT2D eigenvalue weighted by atomic mass is 19.1. The molecule has 2 heterocycles. The molecule has 2 N–H and O–H groups in total. The number of benzene rings is 1. The van der Waals surface area contributed by atoms with Gasteiger partial charge in [-0.2, -0.15) is 5.48 Å². The van der Waals surface area contributed by atoms with Gasteiger partial charge in [-0.05, 0) is 18.2 Å². The van der Waals surface area contributed by atoms with Crippen molar-refractivity contribution in [1.82, 2.24) is 10.8 Å². The number of hydrogen-bond acceptors (Lipinski definition) is 6. The highest BCUT2D eigenvalue weighted by Crippen LogP contribution is 2.47. The number of amides is 2. The molecule has 0 aromatic heterocycles. The minimum atomic E-state index is -0.534. The number of nitrogens with zero attached hydrogens (tertiary/aromatic N) is 2. The highest BCUT2D eigenvalue weighted by molar-refractivity contribution is 5.90. The number of cyclic esters (lactones) is 1. The lowest BCUT2D eigenvalue weighted by molar-refractivity contribution is -0.119. The smallest absolute Gasteiger partial charge is 0.414 e. The largest absolute Gasteiger partial charge is 0.442 e. The van der Waals surface area contributed by atoms with Crippen LogP contribution < -0.4 is 20.6 Å². The maximum Gasteiger partial charge on any atom is 0.414 e. The van der Waals surface area contributed by atoms with Gasteiger partial charge in [-0.1, -0.05) is 0 Å². The summed E-state index contributed by atoms with van der Waals surface area (Å²) < 4.78 is 19.9. The number of carbonyl (C=O) groups is 2. The third-order valence-corrected chi connectivity index (χ3v) is 5.48. The fourth-order valence-corrected chi connectivity index (χ4v) is 4.05. The van der Waals surface area contributed by atoms with Crippen molar-refractivity contribution in [2.75, 3.05) is 43.1 Å². The predicted octanol–water partition coefficient (Wildman–Crippen LogP) is 0.873. The molecule has 9 heteroatoms. The molecule has 1 aromatic rings. The van der Waals surface area contributed by atoms with Gasteiger partial charge in [0.25, 0.3) is 0 Å². The summed E-state index contributed by atoms with van der Waals surface area (Å²) in [5.41, 5.74) is 3.98. The first kappa shape index (κ1) is 18.0. The normalized spacial score (nSPS) is 28.9. The molecular formula is C18H23FN4O4. The number of anilines is 2. The highest BCUT2D eigenvalue weighted by Gasteiger charge is 2.56. The second kappa shape index (κ2) is 6.97. The van der Waals surface area contributed by atoms with Crippen molar-refractivity contribution in [3.63, 3.8) is 0 Å². The molecular weight excluding hydrogens is 355 g/mol. The summed E-state index contributed by atoms with van der Waals surface area (Å²) in [6.45, 7) is 3.49. The van der Waals surface area contributed by atoms with Gasteiger partial charge in [-0.15, -0.1) is 0 Å². The van der Waals surface area contributed by atoms with E-state index < -0.39 is 12.2 Å². The van der Waals surface area contributed by atoms with Gasteiger partial charge in [0.1, 0.15) is 11.9 Å². The summed E-state index contributed by atoms with van der Waals surface area (Å²) in [5.74, 6) is 0.411. The average molecular weight is 378 g/mol. The zero-order chi connectivity index (χ0) is 19.1. The Labute approximate surface area is 156 Å². The van der Waals surface area contributed by atoms with Crippen LogP contribution >= 0.6 is 0 Å². The summed E-state index contributed by atoms with van der Waals surface area (Å²) in [7, 11) is 1.61. The van der Waals surface area contributed by atoms with Crippen LogP contribution in [0.25, 0.3) is 0 Å². The van der Waals surface area contributed by atoms with Gasteiger partial charge >= 0.3 is 6.09 Å². The van der Waals surface area contributed by atoms with Crippen LogP contribution in [0.15, 0.2) is 18.2 Å². The molecule has 0 radical (unpaired) electrons. The summed E-state index contributed by atoms with van der Waals surface area (Å²) in [6, 6.07) is 5.16. The Morgan fingerprint density at radius 1 is 1.33 bits per heavy atom. The second-order valence-corrected chi connectivity index (χ2v) is 7.27. The predicted molar refractivity (Wildman–Crippen MR) is 95.8 cm³/mol. The fraction of sp³-hybridized carbons (Fsp3) is 0.556. The molecule has 1 saturated carbocycles. The number of hydroxylamine groups is 1. The molecule has 2 saturated heterocycles. The lowest BCUT2D eigenvalue weighted by Gasteiger charge is -2.23. The summed E-state index contributed by atoms with van der Waals surface area (Å²) in [6.07, 6.45) is -0.978. The Balaban J connectivity index is 1.39. The van der Waals surface area contributed by atoms with Gasteiger partial charge < -0.3 is 19.8 Å². The molecule has 8 nitrogen and oxygen atoms in total. The van der Waals surface area contributed by atoms with E-state index in [0.29, 0.717) is 29.3 Å². The van der Waals surface area contributed by atoms with Crippen molar-refractivity contribution < 1.29 is 23.6 Å². The molecule has 0 bridgehead atoms. The Morgan fingerprint density at radius 3 is 2.70 bits per heavy atom. The quantitative estimate of drug-likeness (QED) is 0.715. The maximum atomic E-state index is 14.7. The summed E-state index contributed by atoms with van der Waals surface area (Å²) >= 11 is 0. The van der Waals surface area contributed by atoms with Crippen molar-refractivity contribution in [3.8, 4) is 0 Å². The van der Waals surface area contributed by atoms with Gasteiger partial charge in [0.05, 0.1) is 31.6 Å². The van der Waals surface area contributed by atoms with Crippen LogP contribution in [0, 0.1) is 17.7 Å². The number of carbonyl (C=O) groups excluding carboxylic acids is 2. The zero-order valence-electron chi connectivity index (χ0n) is 15.3. The van der Waals surface area contributed by atoms with Crippen molar-refractivity contribution >= 4 is 23.4 Å². The first-order chi connectivity index (χ1) is 13.0. The molecule has 4 atom stereocenters. The average Bonchev–Trinajstić information content (AvgIpc) is 2.98. The van der Waals surface area contributed by atoms with E-state index in [9.17, 15) is 14.0 Å². The minimum absolute atomic E-state index is 0.188. The minimum Gasteiger partial charge on any atom is -0.442 e. The van der Waals surface area contributed by atoms with Crippen LogP contribution in [0.3, 0.4) is 0 Å². The number of halogens is 1. The van der Waals surface area contributed by atoms with Crippen LogP contribution in [-0.4, -0.2) is 57.4 Å². The van der Waals surface area contributed by atoms with Crippen molar-refractivity contribution in [3.05, 3.63) is 24.0 Å². The number of hydrogen-bond donors (Lipinski definition) is 2. The zero-order valence-corrected chi connectivity index (χ0v) is 15.3. The van der Waals surface area contributed by atoms with Crippen LogP contribution in [0.2, 0.25) is 0 Å². The Morgan fingerprint density at radius 2 is 2.07 bits per heavy atom. The van der Waals surface area contributed by atoms with Crippen LogP contribution in [0.4, 0.5) is 20.6 Å². The topological polar surface area (TPSA) is 83.1 Å². The molecule has 1 aliphatic carbocycles. The van der Waals surface area contributed by atoms with Crippen molar-refractivity contribution in [1.29, 1.82) is 0 Å². The molecule has 1 unspecified atom stereocenters. The molecule has 3 fully saturated rings. The molecule has 2 amide bonds. The first-order valence-corrected chi connectivity index (χ1v) is 9.03. The third-order valence-electron chi connectivity index (χ3n) is 5.48. The number of fused-ring (bicyclic) bond motifs is 1. The van der Waals surface area contributed by atoms with E-state index in [1.54, 1.807) is 19.2 Å². The number of ether oxygens (including phenoxy) is 1. The van der Waals surface area contributed by atoms with Gasteiger partial charge in [-0.3, -0.25) is 9.69 Å². The number of rotatable bonds is 6. The maximum absolute atomic E-state index is 14.7. The van der Waals surface area contributed by atoms with Gasteiger partial charge in [0, 0.05) is 37.9 Å². The fourth-order valence-electron chi connectivity index (χ4n) is 4.05. The first-order valence-electron chi connectivity index (χ1n) is 9.03. The van der Waals surface area contributed by atoms with E-state index in [0.717, 1.165) is 13.1 Å². The van der Waals surface area contributed by atoms with Crippen LogP contribution in [-0.2, 0) is 14.4 Å². The van der Waals surface area contributed by atoms with E-state index in [-0.39, 0.29) is 24.8 Å². The monoisotopic (exact) mass is 378 g/mol. The van der Waals surface area contributed by atoms with E-state index >= 15 is 0 Å². The van der Waals surface area contributed by atoms with E-state index in [1.807, 2.05) is 4.90 Å². The lowest BCUT2D eigenvalue weighted by Crippen LogP contribution is -2.33. The Hall–Kier alpha value is -2.39. The number of nitrogens with one attached hydrogen (secondary N) is 2. The standard InChI is InChI=1S/C18H23FN4O4/c1-10(24)20-6-12-7-23(18(25)27-12)11-3-4-16(15(19)5-11)22-8-13-14(9-22)17(13)21-26-2/h3-5,12-14,17,21H,6-9H2,1-2H3,(H,20,24)/t12-,13-,14+,17?/m0/s1. The van der Waals surface area contributed by atoms with Crippen LogP contribution in [0.1, 0.15) is 6.92 Å². The summed E-state index contributed by atoms with van der Waals surface area (Å²) in [4.78, 5) is 31.5. The second-order valence-electron chi connectivity index (χ2n) is 7.27. The molecule has 146 valence electrons. The molecule has 1 aromatic carbocycles. The lowest BCUT2D eigenvalue weighted by atomic mass is 10.2. The SMILES string of the molecule is CONC1[C@H]2CN(c3ccc(N4C[C@H](CNC(C)=O)OC4=O)cc3F)C[C@@H]12. The molecule has 3 aliphatic rings. The Kier molecular flexibility index (Phi) is 4.65. The van der Waals surface area contributed by atoms with Gasteiger partial charge in [0.2, 0.25) is 5.91 Å². The number of piperidine rings is 1. The van der Waals surface area contributed by atoms with Gasteiger partial charge in [0.15, 0.2) is 0 Å². The molecule has 27 heavy (non-hydrogen) atoms. The van der Waals surface area contributed by atoms with Crippen LogP contribution in [0.5, 0.6) is 0 Å². The van der Waals surface area contributed by atoms with Crippen molar-refractivity contribution in [2.45, 2.75) is 19.1 Å². The third kappa shape index (κ3) is 3.44. The van der Waals surface area contributed by atoms with E-state index in [4.69, 9.17) is 9.57 Å². The molecule has 4 rings (SSSR count). The Bertz CT molecular complexity index is 749. The van der Waals surface area contributed by atoms with Crippen molar-refractivity contribution in [2.24, 2.45) is 11.8 Å².